The third-order valence-corrected chi connectivity index (χ3v) is 5.12. The number of hydrogen-bond donors (Lipinski definition) is 1. The van der Waals surface area contributed by atoms with Crippen LogP contribution in [-0.2, 0) is 27.9 Å². The molecule has 2 aromatic carbocycles. The van der Waals surface area contributed by atoms with Crippen molar-refractivity contribution in [1.29, 1.82) is 0 Å². The fraction of sp³-hybridized carbons (Fsp3) is 0.294. The summed E-state index contributed by atoms with van der Waals surface area (Å²) in [5.74, 6) is 0.138. The molecule has 8 nitrogen and oxygen atoms in total. The summed E-state index contributed by atoms with van der Waals surface area (Å²) in [6.45, 7) is -1.78. The Bertz CT molecular complexity index is 962. The molecule has 0 saturated carbocycles. The van der Waals surface area contributed by atoms with E-state index in [1.807, 2.05) is 0 Å². The fourth-order valence-corrected chi connectivity index (χ4v) is 3.46. The van der Waals surface area contributed by atoms with E-state index in [2.05, 4.69) is 9.46 Å². The van der Waals surface area contributed by atoms with Gasteiger partial charge in [-0.3, -0.25) is 10.1 Å². The molecule has 29 heavy (non-hydrogen) atoms. The molecule has 0 aliphatic carbocycles. The lowest BCUT2D eigenvalue weighted by molar-refractivity contribution is -0.387. The number of alkyl halides is 3. The summed E-state index contributed by atoms with van der Waals surface area (Å²) in [7, 11) is -2.90. The van der Waals surface area contributed by atoms with Gasteiger partial charge in [0, 0.05) is 6.54 Å². The summed E-state index contributed by atoms with van der Waals surface area (Å²) in [5, 5.41) is 11.2. The number of nitrogens with one attached hydrogen (secondary N) is 1. The first-order valence-electron chi connectivity index (χ1n) is 8.06. The van der Waals surface area contributed by atoms with E-state index in [0.29, 0.717) is 11.1 Å². The third-order valence-electron chi connectivity index (χ3n) is 3.68. The number of nitrogens with zero attached hydrogens (tertiary/aromatic N) is 1. The largest absolute Gasteiger partial charge is 0.497 e. The minimum Gasteiger partial charge on any atom is -0.497 e. The molecule has 0 unspecified atom stereocenters. The molecule has 158 valence electrons. The summed E-state index contributed by atoms with van der Waals surface area (Å²) < 4.78 is 72.7. The molecule has 0 atom stereocenters. The molecule has 0 radical (unpaired) electrons. The van der Waals surface area contributed by atoms with E-state index < -0.39 is 38.3 Å². The minimum atomic E-state index is -4.41. The number of benzene rings is 2. The van der Waals surface area contributed by atoms with Crippen LogP contribution in [0.5, 0.6) is 5.75 Å². The van der Waals surface area contributed by atoms with Gasteiger partial charge in [0.1, 0.15) is 12.4 Å². The van der Waals surface area contributed by atoms with Gasteiger partial charge in [-0.1, -0.05) is 24.3 Å². The molecule has 0 amide bonds. The highest BCUT2D eigenvalue weighted by molar-refractivity contribution is 7.89. The Balaban J connectivity index is 2.04. The lowest BCUT2D eigenvalue weighted by atomic mass is 10.1. The van der Waals surface area contributed by atoms with Crippen LogP contribution in [0.3, 0.4) is 0 Å². The van der Waals surface area contributed by atoms with Crippen molar-refractivity contribution in [3.63, 3.8) is 0 Å². The van der Waals surface area contributed by atoms with Crippen LogP contribution in [0.2, 0.25) is 0 Å². The Morgan fingerprint density at radius 2 is 1.72 bits per heavy atom. The molecule has 2 rings (SSSR count). The predicted octanol–water partition coefficient (Wildman–Crippen LogP) is 3.16. The molecule has 0 aliphatic rings. The number of halogens is 3. The molecular formula is C17H17F3N2O6S. The zero-order chi connectivity index (χ0) is 21.7. The van der Waals surface area contributed by atoms with Crippen LogP contribution < -0.4 is 9.46 Å². The zero-order valence-electron chi connectivity index (χ0n) is 15.1. The first kappa shape index (κ1) is 22.6. The SMILES string of the molecule is COc1ccc(S(=O)(=O)NCc2ccc(COCC(F)(F)F)cc2)c([N+](=O)[O-])c1. The Morgan fingerprint density at radius 3 is 2.28 bits per heavy atom. The molecular weight excluding hydrogens is 417 g/mol. The number of methoxy groups -OCH3 is 1. The monoisotopic (exact) mass is 434 g/mol. The Morgan fingerprint density at radius 1 is 1.10 bits per heavy atom. The average molecular weight is 434 g/mol. The van der Waals surface area contributed by atoms with E-state index in [9.17, 15) is 31.7 Å². The number of sulfonamides is 1. The van der Waals surface area contributed by atoms with Crippen LogP contribution in [0.15, 0.2) is 47.4 Å². The molecule has 0 bridgehead atoms. The fourth-order valence-electron chi connectivity index (χ4n) is 2.29. The number of ether oxygens (including phenoxy) is 2. The van der Waals surface area contributed by atoms with E-state index in [4.69, 9.17) is 4.74 Å². The maximum atomic E-state index is 12.4. The van der Waals surface area contributed by atoms with E-state index in [1.54, 1.807) is 0 Å². The molecule has 0 saturated heterocycles. The summed E-state index contributed by atoms with van der Waals surface area (Å²) >= 11 is 0. The van der Waals surface area contributed by atoms with Gasteiger partial charge in [0.2, 0.25) is 10.0 Å². The summed E-state index contributed by atoms with van der Waals surface area (Å²) in [6, 6.07) is 9.38. The van der Waals surface area contributed by atoms with E-state index in [1.165, 1.54) is 37.4 Å². The number of hydrogen-bond acceptors (Lipinski definition) is 6. The van der Waals surface area contributed by atoms with E-state index >= 15 is 0 Å². The summed E-state index contributed by atoms with van der Waals surface area (Å²) in [6.07, 6.45) is -4.41. The van der Waals surface area contributed by atoms with Crippen molar-refractivity contribution in [3.8, 4) is 5.75 Å². The van der Waals surface area contributed by atoms with Gasteiger partial charge in [-0.25, -0.2) is 13.1 Å². The molecule has 1 N–H and O–H groups in total. The second-order valence-corrected chi connectivity index (χ2v) is 7.58. The van der Waals surface area contributed by atoms with Gasteiger partial charge in [0.05, 0.1) is 24.7 Å². The molecule has 12 heteroatoms. The maximum Gasteiger partial charge on any atom is 0.411 e. The summed E-state index contributed by atoms with van der Waals surface area (Å²) in [4.78, 5) is 9.83. The Kier molecular flexibility index (Phi) is 7.16. The zero-order valence-corrected chi connectivity index (χ0v) is 15.9. The number of rotatable bonds is 9. The highest BCUT2D eigenvalue weighted by atomic mass is 32.2. The Hall–Kier alpha value is -2.70. The maximum absolute atomic E-state index is 12.4. The topological polar surface area (TPSA) is 108 Å². The van der Waals surface area contributed by atoms with Crippen LogP contribution in [0.1, 0.15) is 11.1 Å². The van der Waals surface area contributed by atoms with Crippen molar-refractivity contribution in [3.05, 3.63) is 63.7 Å². The van der Waals surface area contributed by atoms with Crippen molar-refractivity contribution in [2.45, 2.75) is 24.2 Å². The van der Waals surface area contributed by atoms with Crippen molar-refractivity contribution < 1.29 is 36.0 Å². The van der Waals surface area contributed by atoms with E-state index in [-0.39, 0.29) is 18.9 Å². The molecule has 0 heterocycles. The van der Waals surface area contributed by atoms with Gasteiger partial charge in [-0.2, -0.15) is 13.2 Å². The van der Waals surface area contributed by atoms with E-state index in [0.717, 1.165) is 12.1 Å². The van der Waals surface area contributed by atoms with Gasteiger partial charge in [-0.15, -0.1) is 0 Å². The highest BCUT2D eigenvalue weighted by Crippen LogP contribution is 2.28. The molecule has 0 aliphatic heterocycles. The molecule has 0 fully saturated rings. The minimum absolute atomic E-state index is 0.138. The third kappa shape index (κ3) is 6.69. The van der Waals surface area contributed by atoms with Gasteiger partial charge in [0.15, 0.2) is 4.90 Å². The van der Waals surface area contributed by atoms with Gasteiger partial charge < -0.3 is 9.47 Å². The van der Waals surface area contributed by atoms with Crippen LogP contribution in [0.4, 0.5) is 18.9 Å². The smallest absolute Gasteiger partial charge is 0.411 e. The van der Waals surface area contributed by atoms with Crippen LogP contribution in [-0.4, -0.2) is 33.2 Å². The van der Waals surface area contributed by atoms with Gasteiger partial charge in [0.25, 0.3) is 5.69 Å². The highest BCUT2D eigenvalue weighted by Gasteiger charge is 2.27. The van der Waals surface area contributed by atoms with Crippen LogP contribution in [0.25, 0.3) is 0 Å². The average Bonchev–Trinajstić information content (AvgIpc) is 2.66. The number of nitro benzene ring substituents is 1. The van der Waals surface area contributed by atoms with Crippen molar-refractivity contribution in [1.82, 2.24) is 4.72 Å². The predicted molar refractivity (Wildman–Crippen MR) is 95.8 cm³/mol. The summed E-state index contributed by atoms with van der Waals surface area (Å²) in [5.41, 5.74) is 0.352. The molecule has 0 aromatic heterocycles. The normalized spacial score (nSPS) is 12.0. The van der Waals surface area contributed by atoms with Crippen molar-refractivity contribution >= 4 is 15.7 Å². The van der Waals surface area contributed by atoms with Crippen molar-refractivity contribution in [2.24, 2.45) is 0 Å². The van der Waals surface area contributed by atoms with Gasteiger partial charge in [-0.05, 0) is 23.3 Å². The second kappa shape index (κ2) is 9.20. The second-order valence-electron chi connectivity index (χ2n) is 5.84. The quantitative estimate of drug-likeness (QED) is 0.480. The first-order valence-corrected chi connectivity index (χ1v) is 9.54. The molecule has 0 spiro atoms. The molecule has 2 aromatic rings. The lowest BCUT2D eigenvalue weighted by Crippen LogP contribution is -2.24. The van der Waals surface area contributed by atoms with Crippen molar-refractivity contribution in [2.75, 3.05) is 13.7 Å². The van der Waals surface area contributed by atoms with Crippen LogP contribution >= 0.6 is 0 Å². The van der Waals surface area contributed by atoms with Crippen LogP contribution in [0, 0.1) is 10.1 Å². The standard InChI is InChI=1S/C17H17F3N2O6S/c1-27-14-6-7-16(15(8-14)22(23)24)29(25,26)21-9-12-2-4-13(5-3-12)10-28-11-17(18,19)20/h2-8,21H,9-11H2,1H3. The first-order chi connectivity index (χ1) is 13.5. The lowest BCUT2D eigenvalue weighted by Gasteiger charge is -2.10. The number of nitro groups is 1. The Labute approximate surface area is 164 Å². The van der Waals surface area contributed by atoms with Gasteiger partial charge >= 0.3 is 6.18 Å².